The number of hydrogen-bond donors (Lipinski definition) is 2. The number of benzene rings is 2. The summed E-state index contributed by atoms with van der Waals surface area (Å²) in [4.78, 5) is 11.2. The van der Waals surface area contributed by atoms with Crippen molar-refractivity contribution in [1.29, 1.82) is 5.26 Å². The molecule has 0 amide bonds. The highest BCUT2D eigenvalue weighted by Gasteiger charge is 2.40. The van der Waals surface area contributed by atoms with Crippen LogP contribution in [0, 0.1) is 21.4 Å². The van der Waals surface area contributed by atoms with Gasteiger partial charge in [-0.15, -0.1) is 5.10 Å². The summed E-state index contributed by atoms with van der Waals surface area (Å²) in [5.74, 6) is -0.308. The van der Waals surface area contributed by atoms with Crippen LogP contribution in [-0.2, 0) is 0 Å². The monoisotopic (exact) mass is 437 g/mol. The number of ether oxygens (including phenoxy) is 2. The number of H-pyrrole nitrogens is 1. The lowest BCUT2D eigenvalue weighted by Gasteiger charge is -2.24. The summed E-state index contributed by atoms with van der Waals surface area (Å²) in [7, 11) is 0. The van der Waals surface area contributed by atoms with Gasteiger partial charge in [0.1, 0.15) is 17.4 Å². The van der Waals surface area contributed by atoms with Gasteiger partial charge >= 0.3 is 0 Å². The fourth-order valence-corrected chi connectivity index (χ4v) is 3.89. The first-order valence-electron chi connectivity index (χ1n) is 9.28. The van der Waals surface area contributed by atoms with Crippen molar-refractivity contribution >= 4 is 17.3 Å². The van der Waals surface area contributed by atoms with E-state index in [1.807, 2.05) is 25.1 Å². The van der Waals surface area contributed by atoms with Crippen LogP contribution in [-0.4, -0.2) is 21.7 Å². The Bertz CT molecular complexity index is 1240. The van der Waals surface area contributed by atoms with Gasteiger partial charge in [0.25, 0.3) is 5.69 Å². The largest absolute Gasteiger partial charge is 0.494 e. The zero-order chi connectivity index (χ0) is 22.1. The third-order valence-corrected chi connectivity index (χ3v) is 5.24. The topological polar surface area (TPSA) is 140 Å². The molecule has 9 nitrogen and oxygen atoms in total. The molecule has 1 atom stereocenters. The number of rotatable bonds is 5. The van der Waals surface area contributed by atoms with Crippen LogP contribution in [0.25, 0.3) is 11.3 Å². The molecule has 1 aliphatic rings. The highest BCUT2D eigenvalue weighted by molar-refractivity contribution is 6.31. The number of fused-ring (bicyclic) bond motifs is 1. The maximum absolute atomic E-state index is 11.7. The summed E-state index contributed by atoms with van der Waals surface area (Å²) >= 11 is 6.40. The minimum Gasteiger partial charge on any atom is -0.494 e. The average Bonchev–Trinajstić information content (AvgIpc) is 3.17. The van der Waals surface area contributed by atoms with Gasteiger partial charge in [0.05, 0.1) is 39.3 Å². The predicted octanol–water partition coefficient (Wildman–Crippen LogP) is 4.26. The molecule has 0 fully saturated rings. The Labute approximate surface area is 181 Å². The Hall–Kier alpha value is -4.03. The molecule has 3 aromatic rings. The van der Waals surface area contributed by atoms with Crippen LogP contribution in [0.1, 0.15) is 24.0 Å². The molecule has 156 valence electrons. The summed E-state index contributed by atoms with van der Waals surface area (Å²) < 4.78 is 11.0. The van der Waals surface area contributed by atoms with Crippen LogP contribution < -0.4 is 15.2 Å². The smallest absolute Gasteiger partial charge is 0.275 e. The van der Waals surface area contributed by atoms with Crippen LogP contribution in [0.2, 0.25) is 5.02 Å². The summed E-state index contributed by atoms with van der Waals surface area (Å²) in [6.07, 6.45) is 0. The first-order valence-corrected chi connectivity index (χ1v) is 9.65. The number of hydrogen-bond acceptors (Lipinski definition) is 7. The Morgan fingerprint density at radius 1 is 1.32 bits per heavy atom. The molecule has 1 aliphatic heterocycles. The summed E-state index contributed by atoms with van der Waals surface area (Å²) in [5, 5.41) is 28.8. The zero-order valence-corrected chi connectivity index (χ0v) is 17.0. The Morgan fingerprint density at radius 3 is 2.71 bits per heavy atom. The van der Waals surface area contributed by atoms with Crippen molar-refractivity contribution in [1.82, 2.24) is 10.2 Å². The SMILES string of the molecule is CCOc1ccc(-c2[nH]nc3c2C(c2c(Cl)cccc2[N+](=O)[O-])C(C#N)=C(N)O3)cc1. The molecule has 1 unspecified atom stereocenters. The highest BCUT2D eigenvalue weighted by Crippen LogP contribution is 2.49. The van der Waals surface area contributed by atoms with Crippen LogP contribution in [0.5, 0.6) is 11.6 Å². The quantitative estimate of drug-likeness (QED) is 0.448. The van der Waals surface area contributed by atoms with E-state index >= 15 is 0 Å². The summed E-state index contributed by atoms with van der Waals surface area (Å²) in [5.41, 5.74) is 7.57. The van der Waals surface area contributed by atoms with E-state index in [0.717, 1.165) is 5.56 Å². The number of nitro benzene ring substituents is 1. The van der Waals surface area contributed by atoms with Crippen LogP contribution in [0.4, 0.5) is 5.69 Å². The normalized spacial score (nSPS) is 15.1. The first-order chi connectivity index (χ1) is 15.0. The van der Waals surface area contributed by atoms with Gasteiger partial charge in [-0.3, -0.25) is 15.2 Å². The number of aromatic nitrogens is 2. The molecule has 1 aromatic heterocycles. The highest BCUT2D eigenvalue weighted by atomic mass is 35.5. The molecule has 0 spiro atoms. The lowest BCUT2D eigenvalue weighted by atomic mass is 9.82. The number of allylic oxidation sites excluding steroid dienone is 1. The maximum Gasteiger partial charge on any atom is 0.275 e. The lowest BCUT2D eigenvalue weighted by molar-refractivity contribution is -0.385. The van der Waals surface area contributed by atoms with Crippen molar-refractivity contribution in [2.24, 2.45) is 5.73 Å². The molecule has 3 N–H and O–H groups in total. The number of aromatic amines is 1. The molecule has 0 saturated heterocycles. The van der Waals surface area contributed by atoms with E-state index < -0.39 is 10.8 Å². The number of nitrogens with zero attached hydrogens (tertiary/aromatic N) is 3. The van der Waals surface area contributed by atoms with Crippen molar-refractivity contribution in [2.75, 3.05) is 6.61 Å². The first kappa shape index (κ1) is 20.3. The average molecular weight is 438 g/mol. The van der Waals surface area contributed by atoms with Crippen molar-refractivity contribution < 1.29 is 14.4 Å². The van der Waals surface area contributed by atoms with Gasteiger partial charge < -0.3 is 15.2 Å². The number of nitrogens with two attached hydrogens (primary N) is 1. The predicted molar refractivity (Wildman–Crippen MR) is 113 cm³/mol. The maximum atomic E-state index is 11.7. The van der Waals surface area contributed by atoms with Gasteiger partial charge in [-0.25, -0.2) is 0 Å². The van der Waals surface area contributed by atoms with Gasteiger partial charge in [-0.2, -0.15) is 5.26 Å². The standard InChI is InChI=1S/C21H16ClN5O4/c1-2-30-12-8-6-11(7-9-12)19-18-16(13(10-23)20(24)31-21(18)26-25-19)17-14(22)4-3-5-15(17)27(28)29/h3-9,16H,2,24H2,1H3,(H,25,26). The fraction of sp³-hybridized carbons (Fsp3) is 0.143. The molecule has 4 rings (SSSR count). The third-order valence-electron chi connectivity index (χ3n) is 4.91. The molecule has 10 heteroatoms. The van der Waals surface area contributed by atoms with E-state index in [-0.39, 0.29) is 33.6 Å². The second-order valence-electron chi connectivity index (χ2n) is 6.63. The van der Waals surface area contributed by atoms with Crippen LogP contribution in [0.15, 0.2) is 53.9 Å². The van der Waals surface area contributed by atoms with Gasteiger partial charge in [0.15, 0.2) is 0 Å². The molecular weight excluding hydrogens is 422 g/mol. The van der Waals surface area contributed by atoms with Crippen molar-refractivity contribution in [3.05, 3.63) is 80.2 Å². The Balaban J connectivity index is 1.96. The van der Waals surface area contributed by atoms with Gasteiger partial charge in [-0.1, -0.05) is 17.7 Å². The molecule has 2 aromatic carbocycles. The number of halogens is 1. The van der Waals surface area contributed by atoms with E-state index in [0.29, 0.717) is 23.6 Å². The zero-order valence-electron chi connectivity index (χ0n) is 16.3. The van der Waals surface area contributed by atoms with E-state index in [1.54, 1.807) is 12.1 Å². The van der Waals surface area contributed by atoms with Gasteiger partial charge in [0.2, 0.25) is 11.8 Å². The van der Waals surface area contributed by atoms with E-state index in [9.17, 15) is 15.4 Å². The van der Waals surface area contributed by atoms with Crippen LogP contribution in [0.3, 0.4) is 0 Å². The molecule has 31 heavy (non-hydrogen) atoms. The fourth-order valence-electron chi connectivity index (χ4n) is 3.61. The third kappa shape index (κ3) is 3.43. The van der Waals surface area contributed by atoms with E-state index in [4.69, 9.17) is 26.8 Å². The van der Waals surface area contributed by atoms with Crippen molar-refractivity contribution in [3.63, 3.8) is 0 Å². The second kappa shape index (κ2) is 8.01. The van der Waals surface area contributed by atoms with Crippen LogP contribution >= 0.6 is 11.6 Å². The Kier molecular flexibility index (Phi) is 5.23. The summed E-state index contributed by atoms with van der Waals surface area (Å²) in [6, 6.07) is 13.6. The summed E-state index contributed by atoms with van der Waals surface area (Å²) in [6.45, 7) is 2.41. The van der Waals surface area contributed by atoms with E-state index in [2.05, 4.69) is 10.2 Å². The van der Waals surface area contributed by atoms with E-state index in [1.165, 1.54) is 18.2 Å². The number of nitrogens with one attached hydrogen (secondary N) is 1. The number of nitriles is 1. The minimum absolute atomic E-state index is 0.0114. The number of nitro groups is 1. The molecule has 0 bridgehead atoms. The Morgan fingerprint density at radius 2 is 2.06 bits per heavy atom. The van der Waals surface area contributed by atoms with Crippen molar-refractivity contribution in [2.45, 2.75) is 12.8 Å². The molecular formula is C21H16ClN5O4. The molecule has 0 saturated carbocycles. The lowest BCUT2D eigenvalue weighted by Crippen LogP contribution is -2.21. The second-order valence-corrected chi connectivity index (χ2v) is 7.04. The van der Waals surface area contributed by atoms with Crippen molar-refractivity contribution in [3.8, 4) is 29.0 Å². The van der Waals surface area contributed by atoms with Gasteiger partial charge in [-0.05, 0) is 37.3 Å². The molecule has 0 radical (unpaired) electrons. The molecule has 0 aliphatic carbocycles. The van der Waals surface area contributed by atoms with Gasteiger partial charge in [0, 0.05) is 11.6 Å². The molecule has 2 heterocycles. The minimum atomic E-state index is -0.942.